The van der Waals surface area contributed by atoms with Crippen molar-refractivity contribution in [1.29, 1.82) is 0 Å². The second kappa shape index (κ2) is 12.4. The number of halogens is 5. The first kappa shape index (κ1) is 30.7. The van der Waals surface area contributed by atoms with Crippen LogP contribution in [0.5, 0.6) is 0 Å². The number of hydrogen-bond donors (Lipinski definition) is 1. The average Bonchev–Trinajstić information content (AvgIpc) is 2.77. The fraction of sp³-hybridized carbons (Fsp3) is 0.417. The van der Waals surface area contributed by atoms with E-state index in [1.165, 1.54) is 4.90 Å². The molecule has 13 heteroatoms. The zero-order valence-corrected chi connectivity index (χ0v) is 23.0. The number of alkyl halides is 3. The molecule has 0 aliphatic heterocycles. The van der Waals surface area contributed by atoms with Crippen molar-refractivity contribution >= 4 is 50.7 Å². The monoisotopic (exact) mass is 581 g/mol. The minimum Gasteiger partial charge on any atom is -0.352 e. The topological polar surface area (TPSA) is 86.8 Å². The molecule has 0 unspecified atom stereocenters. The van der Waals surface area contributed by atoms with E-state index in [1.807, 2.05) is 0 Å². The van der Waals surface area contributed by atoms with Gasteiger partial charge in [-0.3, -0.25) is 13.9 Å². The summed E-state index contributed by atoms with van der Waals surface area (Å²) in [5.74, 6) is -1.26. The summed E-state index contributed by atoms with van der Waals surface area (Å²) in [7, 11) is -4.27. The van der Waals surface area contributed by atoms with Gasteiger partial charge in [0.05, 0.1) is 22.5 Å². The Kier molecular flexibility index (Phi) is 10.3. The van der Waals surface area contributed by atoms with Gasteiger partial charge in [0.2, 0.25) is 21.8 Å². The third-order valence-corrected chi connectivity index (χ3v) is 7.00. The summed E-state index contributed by atoms with van der Waals surface area (Å²) in [6, 6.07) is 7.47. The Hall–Kier alpha value is -2.50. The number of rotatable bonds is 10. The van der Waals surface area contributed by atoms with E-state index in [1.54, 1.807) is 45.0 Å². The molecular weight excluding hydrogens is 554 g/mol. The Balaban J connectivity index is 2.54. The third kappa shape index (κ3) is 8.51. The molecule has 0 saturated carbocycles. The normalized spacial score (nSPS) is 12.8. The van der Waals surface area contributed by atoms with Crippen LogP contribution in [0, 0.1) is 0 Å². The number of nitrogens with zero attached hydrogens (tertiary/aromatic N) is 2. The van der Waals surface area contributed by atoms with Crippen molar-refractivity contribution in [2.24, 2.45) is 0 Å². The van der Waals surface area contributed by atoms with Crippen LogP contribution in [0.15, 0.2) is 42.5 Å². The van der Waals surface area contributed by atoms with Crippen LogP contribution >= 0.6 is 23.2 Å². The lowest BCUT2D eigenvalue weighted by Gasteiger charge is -2.33. The van der Waals surface area contributed by atoms with Gasteiger partial charge in [0, 0.05) is 17.6 Å². The van der Waals surface area contributed by atoms with E-state index in [9.17, 15) is 31.2 Å². The molecule has 2 aromatic rings. The van der Waals surface area contributed by atoms with Crippen LogP contribution in [-0.2, 0) is 32.3 Å². The van der Waals surface area contributed by atoms with Crippen LogP contribution in [0.25, 0.3) is 0 Å². The molecule has 1 atom stereocenters. The van der Waals surface area contributed by atoms with E-state index >= 15 is 0 Å². The van der Waals surface area contributed by atoms with Gasteiger partial charge in [-0.05, 0) is 56.2 Å². The van der Waals surface area contributed by atoms with E-state index in [-0.39, 0.29) is 24.0 Å². The van der Waals surface area contributed by atoms with Crippen molar-refractivity contribution < 1.29 is 31.2 Å². The lowest BCUT2D eigenvalue weighted by Crippen LogP contribution is -2.53. The molecule has 0 aromatic heterocycles. The van der Waals surface area contributed by atoms with Crippen LogP contribution in [0.3, 0.4) is 0 Å². The number of anilines is 1. The minimum atomic E-state index is -4.77. The van der Waals surface area contributed by atoms with Crippen LogP contribution in [0.1, 0.15) is 38.3 Å². The predicted octanol–water partition coefficient (Wildman–Crippen LogP) is 5.11. The van der Waals surface area contributed by atoms with E-state index in [2.05, 4.69) is 5.32 Å². The third-order valence-electron chi connectivity index (χ3n) is 5.30. The minimum absolute atomic E-state index is 0.0754. The molecule has 0 spiro atoms. The fourth-order valence-electron chi connectivity index (χ4n) is 3.56. The van der Waals surface area contributed by atoms with Crippen LogP contribution in [-0.4, -0.2) is 50.0 Å². The standard InChI is InChI=1S/C24H28Cl2F3N3O4S/c1-5-20(23(34)30-15(2)3)31(13-16-6-9-18(25)10-7-16)22(33)14-32(37(4,35)36)21-12-17(24(27,28)29)8-11-19(21)26/h6-12,15,20H,5,13-14H2,1-4H3,(H,30,34)/t20-/m1/s1. The molecule has 0 fully saturated rings. The molecule has 37 heavy (non-hydrogen) atoms. The summed E-state index contributed by atoms with van der Waals surface area (Å²) in [4.78, 5) is 27.7. The number of amides is 2. The number of sulfonamides is 1. The zero-order valence-electron chi connectivity index (χ0n) is 20.6. The Morgan fingerprint density at radius 2 is 1.65 bits per heavy atom. The largest absolute Gasteiger partial charge is 0.416 e. The molecule has 2 aromatic carbocycles. The number of hydrogen-bond acceptors (Lipinski definition) is 4. The molecule has 1 N–H and O–H groups in total. The van der Waals surface area contributed by atoms with Gasteiger partial charge in [-0.1, -0.05) is 42.3 Å². The first-order valence-electron chi connectivity index (χ1n) is 11.2. The van der Waals surface area contributed by atoms with Gasteiger partial charge < -0.3 is 10.2 Å². The van der Waals surface area contributed by atoms with Gasteiger partial charge in [0.1, 0.15) is 12.6 Å². The van der Waals surface area contributed by atoms with Crippen LogP contribution in [0.4, 0.5) is 18.9 Å². The summed E-state index contributed by atoms with van der Waals surface area (Å²) in [6.45, 7) is 4.23. The van der Waals surface area contributed by atoms with Gasteiger partial charge in [0.25, 0.3) is 0 Å². The summed E-state index contributed by atoms with van der Waals surface area (Å²) in [5.41, 5.74) is -1.02. The van der Waals surface area contributed by atoms with Crippen molar-refractivity contribution in [3.8, 4) is 0 Å². The van der Waals surface area contributed by atoms with Crippen molar-refractivity contribution in [3.05, 3.63) is 63.6 Å². The number of benzene rings is 2. The van der Waals surface area contributed by atoms with Crippen molar-refractivity contribution in [2.45, 2.75) is 52.0 Å². The molecule has 2 amide bonds. The number of nitrogens with one attached hydrogen (secondary N) is 1. The highest BCUT2D eigenvalue weighted by Gasteiger charge is 2.35. The maximum absolute atomic E-state index is 13.6. The highest BCUT2D eigenvalue weighted by Crippen LogP contribution is 2.36. The Bertz CT molecular complexity index is 1220. The van der Waals surface area contributed by atoms with Gasteiger partial charge in [-0.25, -0.2) is 8.42 Å². The molecular formula is C24H28Cl2F3N3O4S. The number of carbonyl (C=O) groups is 2. The van der Waals surface area contributed by atoms with E-state index in [4.69, 9.17) is 23.2 Å². The van der Waals surface area contributed by atoms with E-state index < -0.39 is 51.9 Å². The van der Waals surface area contributed by atoms with Gasteiger partial charge >= 0.3 is 6.18 Å². The zero-order chi connectivity index (χ0) is 28.1. The smallest absolute Gasteiger partial charge is 0.352 e. The molecule has 0 heterocycles. The van der Waals surface area contributed by atoms with Gasteiger partial charge in [0.15, 0.2) is 0 Å². The quantitative estimate of drug-likeness (QED) is 0.422. The van der Waals surface area contributed by atoms with Crippen molar-refractivity contribution in [1.82, 2.24) is 10.2 Å². The summed E-state index contributed by atoms with van der Waals surface area (Å²) in [5, 5.41) is 2.90. The molecule has 0 aliphatic rings. The van der Waals surface area contributed by atoms with Crippen LogP contribution in [0.2, 0.25) is 10.0 Å². The summed E-state index contributed by atoms with van der Waals surface area (Å²) < 4.78 is 65.8. The second-order valence-electron chi connectivity index (χ2n) is 8.67. The lowest BCUT2D eigenvalue weighted by molar-refractivity contribution is -0.140. The van der Waals surface area contributed by atoms with Crippen molar-refractivity contribution in [3.63, 3.8) is 0 Å². The number of carbonyl (C=O) groups excluding carboxylic acids is 2. The summed E-state index contributed by atoms with van der Waals surface area (Å²) in [6.07, 6.45) is -3.82. The predicted molar refractivity (Wildman–Crippen MR) is 138 cm³/mol. The highest BCUT2D eigenvalue weighted by molar-refractivity contribution is 7.92. The average molecular weight is 582 g/mol. The highest BCUT2D eigenvalue weighted by atomic mass is 35.5. The molecule has 0 aliphatic carbocycles. The first-order chi connectivity index (χ1) is 17.0. The maximum atomic E-state index is 13.6. The van der Waals surface area contributed by atoms with Gasteiger partial charge in [-0.2, -0.15) is 13.2 Å². The fourth-order valence-corrected chi connectivity index (χ4v) is 4.81. The van der Waals surface area contributed by atoms with Crippen molar-refractivity contribution in [2.75, 3.05) is 17.1 Å². The lowest BCUT2D eigenvalue weighted by atomic mass is 10.1. The molecule has 0 radical (unpaired) electrons. The van der Waals surface area contributed by atoms with Crippen LogP contribution < -0.4 is 9.62 Å². The first-order valence-corrected chi connectivity index (χ1v) is 13.8. The maximum Gasteiger partial charge on any atom is 0.416 e. The van der Waals surface area contributed by atoms with E-state index in [0.29, 0.717) is 27.0 Å². The molecule has 204 valence electrons. The second-order valence-corrected chi connectivity index (χ2v) is 11.4. The molecule has 2 rings (SSSR count). The molecule has 0 saturated heterocycles. The Morgan fingerprint density at radius 3 is 2.14 bits per heavy atom. The van der Waals surface area contributed by atoms with Gasteiger partial charge in [-0.15, -0.1) is 0 Å². The van der Waals surface area contributed by atoms with E-state index in [0.717, 1.165) is 12.3 Å². The Labute approximate surface area is 224 Å². The Morgan fingerprint density at radius 1 is 1.05 bits per heavy atom. The molecule has 0 bridgehead atoms. The SMILES string of the molecule is CC[C@H](C(=O)NC(C)C)N(Cc1ccc(Cl)cc1)C(=O)CN(c1cc(C(F)(F)F)ccc1Cl)S(C)(=O)=O. The summed E-state index contributed by atoms with van der Waals surface area (Å²) >= 11 is 12.0. The molecule has 7 nitrogen and oxygen atoms in total.